The molecule has 3 nitrogen and oxygen atoms in total. The maximum atomic E-state index is 5.64. The number of likely N-dealkylation sites (tertiary alicyclic amines) is 1. The van der Waals surface area contributed by atoms with Gasteiger partial charge in [-0.1, -0.05) is 6.92 Å². The van der Waals surface area contributed by atoms with Crippen LogP contribution in [0.2, 0.25) is 0 Å². The molecule has 2 atom stereocenters. The highest BCUT2D eigenvalue weighted by molar-refractivity contribution is 9.10. The Balaban J connectivity index is 2.04. The molecule has 1 fully saturated rings. The second-order valence-electron chi connectivity index (χ2n) is 4.81. The van der Waals surface area contributed by atoms with Gasteiger partial charge in [-0.25, -0.2) is 0 Å². The molecule has 0 aliphatic carbocycles. The van der Waals surface area contributed by atoms with Gasteiger partial charge in [-0.05, 0) is 67.4 Å². The summed E-state index contributed by atoms with van der Waals surface area (Å²) in [5.74, 6) is 1.72. The Morgan fingerprint density at radius 3 is 3.06 bits per heavy atom. The molecule has 1 N–H and O–H groups in total. The van der Waals surface area contributed by atoms with E-state index in [1.165, 1.54) is 12.8 Å². The molecule has 2 heterocycles. The summed E-state index contributed by atoms with van der Waals surface area (Å²) in [6, 6.07) is 2.39. The third-order valence-electron chi connectivity index (χ3n) is 3.52. The van der Waals surface area contributed by atoms with E-state index in [9.17, 15) is 0 Å². The number of hydrogen-bond donors (Lipinski definition) is 1. The SMILES string of the molecule is CCCNCC1CCN(C)C1c1occc1Br. The number of nitrogens with zero attached hydrogens (tertiary/aromatic N) is 1. The maximum Gasteiger partial charge on any atom is 0.135 e. The van der Waals surface area contributed by atoms with Gasteiger partial charge in [0.05, 0.1) is 16.8 Å². The van der Waals surface area contributed by atoms with Crippen molar-refractivity contribution in [1.29, 1.82) is 0 Å². The molecular weight excluding hydrogens is 280 g/mol. The van der Waals surface area contributed by atoms with Crippen LogP contribution in [-0.2, 0) is 0 Å². The minimum Gasteiger partial charge on any atom is -0.466 e. The molecule has 0 aromatic carbocycles. The molecule has 0 amide bonds. The largest absolute Gasteiger partial charge is 0.466 e. The quantitative estimate of drug-likeness (QED) is 0.847. The Morgan fingerprint density at radius 1 is 1.59 bits per heavy atom. The fourth-order valence-corrected chi connectivity index (χ4v) is 3.07. The van der Waals surface area contributed by atoms with Gasteiger partial charge in [0.2, 0.25) is 0 Å². The van der Waals surface area contributed by atoms with Gasteiger partial charge in [-0.2, -0.15) is 0 Å². The van der Waals surface area contributed by atoms with Crippen molar-refractivity contribution in [1.82, 2.24) is 10.2 Å². The normalized spacial score (nSPS) is 25.6. The molecule has 0 radical (unpaired) electrons. The van der Waals surface area contributed by atoms with E-state index < -0.39 is 0 Å². The minimum atomic E-state index is 0.406. The lowest BCUT2D eigenvalue weighted by Gasteiger charge is -2.23. The standard InChI is InChI=1S/C13H21BrN2O/c1-3-6-15-9-10-4-7-16(2)12(10)13-11(14)5-8-17-13/h5,8,10,12,15H,3-4,6-7,9H2,1-2H3. The molecule has 17 heavy (non-hydrogen) atoms. The Labute approximate surface area is 112 Å². The Hall–Kier alpha value is -0.320. The first-order valence-corrected chi connectivity index (χ1v) is 7.17. The van der Waals surface area contributed by atoms with Crippen molar-refractivity contribution in [2.75, 3.05) is 26.7 Å². The van der Waals surface area contributed by atoms with Gasteiger partial charge in [-0.3, -0.25) is 4.90 Å². The van der Waals surface area contributed by atoms with Crippen LogP contribution in [0.1, 0.15) is 31.6 Å². The van der Waals surface area contributed by atoms with Gasteiger partial charge >= 0.3 is 0 Å². The van der Waals surface area contributed by atoms with E-state index in [4.69, 9.17) is 4.42 Å². The van der Waals surface area contributed by atoms with Gasteiger partial charge < -0.3 is 9.73 Å². The second kappa shape index (κ2) is 6.03. The van der Waals surface area contributed by atoms with E-state index in [0.717, 1.165) is 29.9 Å². The maximum absolute atomic E-state index is 5.64. The van der Waals surface area contributed by atoms with Gasteiger partial charge in [0.1, 0.15) is 5.76 Å². The number of furan rings is 1. The highest BCUT2D eigenvalue weighted by Crippen LogP contribution is 2.39. The molecule has 1 aliphatic heterocycles. The summed E-state index contributed by atoms with van der Waals surface area (Å²) in [7, 11) is 2.18. The predicted molar refractivity (Wildman–Crippen MR) is 73.0 cm³/mol. The monoisotopic (exact) mass is 300 g/mol. The molecule has 1 aliphatic rings. The van der Waals surface area contributed by atoms with Crippen LogP contribution in [0.4, 0.5) is 0 Å². The summed E-state index contributed by atoms with van der Waals surface area (Å²) in [5, 5.41) is 3.53. The average molecular weight is 301 g/mol. The fourth-order valence-electron chi connectivity index (χ4n) is 2.63. The molecule has 0 spiro atoms. The second-order valence-corrected chi connectivity index (χ2v) is 5.67. The van der Waals surface area contributed by atoms with Crippen molar-refractivity contribution in [3.8, 4) is 0 Å². The molecular formula is C13H21BrN2O. The lowest BCUT2D eigenvalue weighted by molar-refractivity contribution is 0.233. The highest BCUT2D eigenvalue weighted by atomic mass is 79.9. The zero-order chi connectivity index (χ0) is 12.3. The third kappa shape index (κ3) is 2.92. The lowest BCUT2D eigenvalue weighted by atomic mass is 9.98. The van der Waals surface area contributed by atoms with E-state index in [2.05, 4.69) is 40.1 Å². The van der Waals surface area contributed by atoms with E-state index >= 15 is 0 Å². The predicted octanol–water partition coefficient (Wildman–Crippen LogP) is 3.03. The van der Waals surface area contributed by atoms with Crippen molar-refractivity contribution < 1.29 is 4.42 Å². The molecule has 1 aromatic rings. The summed E-state index contributed by atoms with van der Waals surface area (Å²) in [6.45, 7) is 5.53. The summed E-state index contributed by atoms with van der Waals surface area (Å²) < 4.78 is 6.73. The van der Waals surface area contributed by atoms with Gasteiger partial charge in [0.25, 0.3) is 0 Å². The molecule has 1 saturated heterocycles. The van der Waals surface area contributed by atoms with Crippen molar-refractivity contribution in [2.24, 2.45) is 5.92 Å². The van der Waals surface area contributed by atoms with Gasteiger partial charge in [0, 0.05) is 0 Å². The topological polar surface area (TPSA) is 28.4 Å². The van der Waals surface area contributed by atoms with Crippen LogP contribution < -0.4 is 5.32 Å². The minimum absolute atomic E-state index is 0.406. The number of rotatable bonds is 5. The fraction of sp³-hybridized carbons (Fsp3) is 0.692. The van der Waals surface area contributed by atoms with Gasteiger partial charge in [-0.15, -0.1) is 0 Å². The molecule has 96 valence electrons. The number of halogens is 1. The van der Waals surface area contributed by atoms with E-state index in [0.29, 0.717) is 12.0 Å². The number of hydrogen-bond acceptors (Lipinski definition) is 3. The van der Waals surface area contributed by atoms with Crippen LogP contribution in [0.25, 0.3) is 0 Å². The Kier molecular flexibility index (Phi) is 4.65. The van der Waals surface area contributed by atoms with Crippen LogP contribution >= 0.6 is 15.9 Å². The first kappa shape index (κ1) is 13.1. The third-order valence-corrected chi connectivity index (χ3v) is 4.18. The van der Waals surface area contributed by atoms with Crippen LogP contribution in [-0.4, -0.2) is 31.6 Å². The Morgan fingerprint density at radius 2 is 2.41 bits per heavy atom. The smallest absolute Gasteiger partial charge is 0.135 e. The summed E-state index contributed by atoms with van der Waals surface area (Å²) in [5.41, 5.74) is 0. The lowest BCUT2D eigenvalue weighted by Crippen LogP contribution is -2.28. The van der Waals surface area contributed by atoms with Crippen LogP contribution in [0.5, 0.6) is 0 Å². The van der Waals surface area contributed by atoms with Crippen molar-refractivity contribution >= 4 is 15.9 Å². The summed E-state index contributed by atoms with van der Waals surface area (Å²) in [4.78, 5) is 2.39. The van der Waals surface area contributed by atoms with E-state index in [1.54, 1.807) is 6.26 Å². The molecule has 0 bridgehead atoms. The van der Waals surface area contributed by atoms with E-state index in [1.807, 2.05) is 6.07 Å². The molecule has 1 aromatic heterocycles. The molecule has 2 rings (SSSR count). The van der Waals surface area contributed by atoms with Crippen LogP contribution in [0, 0.1) is 5.92 Å². The zero-order valence-electron chi connectivity index (χ0n) is 10.6. The highest BCUT2D eigenvalue weighted by Gasteiger charge is 2.35. The number of nitrogens with one attached hydrogen (secondary N) is 1. The van der Waals surface area contributed by atoms with Crippen LogP contribution in [0.15, 0.2) is 21.2 Å². The average Bonchev–Trinajstić information content (AvgIpc) is 2.86. The van der Waals surface area contributed by atoms with Crippen molar-refractivity contribution in [3.63, 3.8) is 0 Å². The first-order valence-electron chi connectivity index (χ1n) is 6.38. The van der Waals surface area contributed by atoms with Crippen LogP contribution in [0.3, 0.4) is 0 Å². The van der Waals surface area contributed by atoms with Gasteiger partial charge in [0.15, 0.2) is 0 Å². The summed E-state index contributed by atoms with van der Waals surface area (Å²) in [6.07, 6.45) is 4.20. The molecule has 2 unspecified atom stereocenters. The van der Waals surface area contributed by atoms with E-state index in [-0.39, 0.29) is 0 Å². The molecule has 4 heteroatoms. The van der Waals surface area contributed by atoms with Crippen molar-refractivity contribution in [2.45, 2.75) is 25.8 Å². The zero-order valence-corrected chi connectivity index (χ0v) is 12.2. The molecule has 0 saturated carbocycles. The summed E-state index contributed by atoms with van der Waals surface area (Å²) >= 11 is 3.57. The Bertz CT molecular complexity index is 353. The first-order chi connectivity index (χ1) is 8.24. The van der Waals surface area contributed by atoms with Crippen molar-refractivity contribution in [3.05, 3.63) is 22.6 Å².